The van der Waals surface area contributed by atoms with Gasteiger partial charge < -0.3 is 9.16 Å². The summed E-state index contributed by atoms with van der Waals surface area (Å²) in [4.78, 5) is 28.0. The van der Waals surface area contributed by atoms with E-state index < -0.39 is 19.2 Å². The molecule has 0 atom stereocenters. The molecule has 1 saturated carbocycles. The van der Waals surface area contributed by atoms with Crippen molar-refractivity contribution in [3.8, 4) is 5.69 Å². The number of nitro benzene ring substituents is 1. The Morgan fingerprint density at radius 3 is 2.39 bits per heavy atom. The highest BCUT2D eigenvalue weighted by molar-refractivity contribution is 6.74. The fourth-order valence-corrected chi connectivity index (χ4v) is 5.63. The van der Waals surface area contributed by atoms with Crippen molar-refractivity contribution in [3.63, 3.8) is 0 Å². The van der Waals surface area contributed by atoms with E-state index in [2.05, 4.69) is 38.8 Å². The van der Waals surface area contributed by atoms with Crippen LogP contribution in [0.2, 0.25) is 18.1 Å². The number of aryl methyl sites for hydroxylation is 1. The van der Waals surface area contributed by atoms with Crippen LogP contribution in [0.4, 0.5) is 5.69 Å². The van der Waals surface area contributed by atoms with Crippen molar-refractivity contribution < 1.29 is 18.9 Å². The first kappa shape index (κ1) is 25.1. The lowest BCUT2D eigenvalue weighted by Crippen LogP contribution is -2.44. The number of benzene rings is 1. The number of imidazole rings is 1. The monoisotopic (exact) mass is 473 g/mol. The summed E-state index contributed by atoms with van der Waals surface area (Å²) in [7, 11) is -0.557. The van der Waals surface area contributed by atoms with Gasteiger partial charge in [0.15, 0.2) is 8.32 Å². The van der Waals surface area contributed by atoms with Gasteiger partial charge in [0.2, 0.25) is 0 Å². The molecule has 1 aromatic heterocycles. The van der Waals surface area contributed by atoms with E-state index in [0.717, 1.165) is 31.5 Å². The second-order valence-electron chi connectivity index (χ2n) is 10.4. The van der Waals surface area contributed by atoms with Crippen LogP contribution in [-0.4, -0.2) is 42.0 Å². The number of aromatic nitrogens is 2. The Kier molecular flexibility index (Phi) is 7.14. The van der Waals surface area contributed by atoms with Crippen LogP contribution in [0.25, 0.3) is 5.69 Å². The van der Waals surface area contributed by atoms with Crippen LogP contribution in [0, 0.1) is 17.0 Å². The molecule has 33 heavy (non-hydrogen) atoms. The standard InChI is InChI=1S/C24H35N3O5Si/c1-16-14-20(21(27(29)30)15-19(16)23(28)31-5)26-13-12-25-22(26)17-8-10-18(11-9-17)32-33(6,7)24(2,3)4/h12-15,17-18H,8-11H2,1-7H3. The Hall–Kier alpha value is -2.52. The first-order valence-corrected chi connectivity index (χ1v) is 14.4. The molecule has 0 radical (unpaired) electrons. The molecule has 0 unspecified atom stereocenters. The van der Waals surface area contributed by atoms with Crippen molar-refractivity contribution in [2.75, 3.05) is 7.11 Å². The summed E-state index contributed by atoms with van der Waals surface area (Å²) in [5, 5.41) is 12.0. The molecule has 8 nitrogen and oxygen atoms in total. The summed E-state index contributed by atoms with van der Waals surface area (Å²) < 4.78 is 13.2. The van der Waals surface area contributed by atoms with Gasteiger partial charge in [-0.1, -0.05) is 20.8 Å². The number of nitro groups is 1. The van der Waals surface area contributed by atoms with E-state index in [4.69, 9.17) is 9.16 Å². The number of carbonyl (C=O) groups is 1. The SMILES string of the molecule is COC(=O)c1cc([N+](=O)[O-])c(-n2ccnc2C2CCC(O[Si](C)(C)C(C)(C)C)CC2)cc1C. The number of hydrogen-bond acceptors (Lipinski definition) is 6. The Morgan fingerprint density at radius 1 is 1.21 bits per heavy atom. The largest absolute Gasteiger partial charge is 0.465 e. The molecule has 1 fully saturated rings. The summed E-state index contributed by atoms with van der Waals surface area (Å²) in [6.45, 7) is 13.1. The van der Waals surface area contributed by atoms with E-state index in [1.54, 1.807) is 30.0 Å². The van der Waals surface area contributed by atoms with E-state index in [1.165, 1.54) is 13.2 Å². The van der Waals surface area contributed by atoms with Crippen LogP contribution in [0.1, 0.15) is 74.1 Å². The van der Waals surface area contributed by atoms with Crippen LogP contribution in [0.3, 0.4) is 0 Å². The van der Waals surface area contributed by atoms with Crippen LogP contribution < -0.4 is 0 Å². The van der Waals surface area contributed by atoms with E-state index in [9.17, 15) is 14.9 Å². The zero-order valence-corrected chi connectivity index (χ0v) is 21.7. The average molecular weight is 474 g/mol. The topological polar surface area (TPSA) is 96.5 Å². The van der Waals surface area contributed by atoms with Gasteiger partial charge >= 0.3 is 5.97 Å². The first-order chi connectivity index (χ1) is 15.4. The van der Waals surface area contributed by atoms with E-state index in [1.807, 2.05) is 0 Å². The second-order valence-corrected chi connectivity index (χ2v) is 15.2. The number of methoxy groups -OCH3 is 1. The number of rotatable bonds is 6. The quantitative estimate of drug-likeness (QED) is 0.223. The van der Waals surface area contributed by atoms with Crippen molar-refractivity contribution in [3.05, 3.63) is 51.6 Å². The van der Waals surface area contributed by atoms with Gasteiger partial charge in [0.1, 0.15) is 11.5 Å². The lowest BCUT2D eigenvalue weighted by Gasteiger charge is -2.41. The Balaban J connectivity index is 1.85. The zero-order chi connectivity index (χ0) is 24.6. The predicted molar refractivity (Wildman–Crippen MR) is 130 cm³/mol. The fraction of sp³-hybridized carbons (Fsp3) is 0.583. The molecular weight excluding hydrogens is 438 g/mol. The molecule has 0 saturated heterocycles. The maximum Gasteiger partial charge on any atom is 0.338 e. The third-order valence-corrected chi connectivity index (χ3v) is 11.7. The Morgan fingerprint density at radius 2 is 1.85 bits per heavy atom. The number of hydrogen-bond donors (Lipinski definition) is 0. The molecular formula is C24H35N3O5Si. The van der Waals surface area contributed by atoms with Crippen molar-refractivity contribution in [1.29, 1.82) is 0 Å². The van der Waals surface area contributed by atoms with E-state index in [0.29, 0.717) is 11.3 Å². The third kappa shape index (κ3) is 5.19. The molecule has 180 valence electrons. The number of esters is 1. The lowest BCUT2D eigenvalue weighted by atomic mass is 9.87. The van der Waals surface area contributed by atoms with Crippen LogP contribution in [0.5, 0.6) is 0 Å². The van der Waals surface area contributed by atoms with Gasteiger partial charge in [-0.25, -0.2) is 9.78 Å². The second kappa shape index (κ2) is 9.38. The predicted octanol–water partition coefficient (Wildman–Crippen LogP) is 5.92. The molecule has 3 rings (SSSR count). The zero-order valence-electron chi connectivity index (χ0n) is 20.7. The maximum atomic E-state index is 12.0. The molecule has 1 aromatic carbocycles. The molecule has 0 amide bonds. The average Bonchev–Trinajstić information content (AvgIpc) is 3.22. The Labute approximate surface area is 196 Å². The summed E-state index contributed by atoms with van der Waals surface area (Å²) >= 11 is 0. The van der Waals surface area contributed by atoms with Crippen molar-refractivity contribution >= 4 is 20.0 Å². The van der Waals surface area contributed by atoms with Gasteiger partial charge in [-0.3, -0.25) is 14.7 Å². The normalized spacial score (nSPS) is 19.4. The molecule has 0 N–H and O–H groups in total. The minimum atomic E-state index is -1.82. The molecule has 9 heteroatoms. The molecule has 2 aromatic rings. The van der Waals surface area contributed by atoms with Crippen LogP contribution in [-0.2, 0) is 9.16 Å². The van der Waals surface area contributed by atoms with E-state index >= 15 is 0 Å². The van der Waals surface area contributed by atoms with Gasteiger partial charge in [-0.05, 0) is 62.4 Å². The van der Waals surface area contributed by atoms with Gasteiger partial charge in [-0.15, -0.1) is 0 Å². The molecule has 0 bridgehead atoms. The van der Waals surface area contributed by atoms with Gasteiger partial charge in [0.25, 0.3) is 5.69 Å². The van der Waals surface area contributed by atoms with Crippen LogP contribution >= 0.6 is 0 Å². The molecule has 1 heterocycles. The van der Waals surface area contributed by atoms with Crippen molar-refractivity contribution in [2.45, 2.75) is 83.5 Å². The first-order valence-electron chi connectivity index (χ1n) is 11.4. The summed E-state index contributed by atoms with van der Waals surface area (Å²) in [5.74, 6) is 0.418. The van der Waals surface area contributed by atoms with Gasteiger partial charge in [0, 0.05) is 30.5 Å². The number of carbonyl (C=O) groups excluding carboxylic acids is 1. The Bertz CT molecular complexity index is 1030. The highest BCUT2D eigenvalue weighted by Crippen LogP contribution is 2.41. The fourth-order valence-electron chi connectivity index (χ4n) is 4.20. The summed E-state index contributed by atoms with van der Waals surface area (Å²) in [6.07, 6.45) is 7.43. The summed E-state index contributed by atoms with van der Waals surface area (Å²) in [6, 6.07) is 2.96. The smallest absolute Gasteiger partial charge is 0.338 e. The minimum absolute atomic E-state index is 0.143. The van der Waals surface area contributed by atoms with Gasteiger partial charge in [0.05, 0.1) is 17.6 Å². The van der Waals surface area contributed by atoms with E-state index in [-0.39, 0.29) is 28.3 Å². The van der Waals surface area contributed by atoms with Crippen molar-refractivity contribution in [1.82, 2.24) is 9.55 Å². The maximum absolute atomic E-state index is 12.0. The highest BCUT2D eigenvalue weighted by atomic mass is 28.4. The number of nitrogens with zero attached hydrogens (tertiary/aromatic N) is 3. The lowest BCUT2D eigenvalue weighted by molar-refractivity contribution is -0.384. The number of ether oxygens (including phenoxy) is 1. The minimum Gasteiger partial charge on any atom is -0.465 e. The molecule has 0 spiro atoms. The molecule has 0 aliphatic heterocycles. The van der Waals surface area contributed by atoms with Gasteiger partial charge in [-0.2, -0.15) is 0 Å². The third-order valence-electron chi connectivity index (χ3n) is 7.16. The molecule has 1 aliphatic carbocycles. The van der Waals surface area contributed by atoms with Crippen LogP contribution in [0.15, 0.2) is 24.5 Å². The van der Waals surface area contributed by atoms with Crippen molar-refractivity contribution in [2.24, 2.45) is 0 Å². The highest BCUT2D eigenvalue weighted by Gasteiger charge is 2.40. The summed E-state index contributed by atoms with van der Waals surface area (Å²) in [5.41, 5.74) is 1.08. The molecule has 1 aliphatic rings.